The summed E-state index contributed by atoms with van der Waals surface area (Å²) in [5, 5.41) is 10.7. The summed E-state index contributed by atoms with van der Waals surface area (Å²) in [7, 11) is 0. The maximum absolute atomic E-state index is 12.8. The van der Waals surface area contributed by atoms with Crippen LogP contribution in [0.3, 0.4) is 0 Å². The zero-order chi connectivity index (χ0) is 17.1. The molecular formula is C17H22N4O2S. The van der Waals surface area contributed by atoms with E-state index in [1.165, 1.54) is 11.3 Å². The first-order chi connectivity index (χ1) is 11.6. The number of nitrogens with zero attached hydrogens (tertiary/aromatic N) is 3. The summed E-state index contributed by atoms with van der Waals surface area (Å²) < 4.78 is 0. The van der Waals surface area contributed by atoms with Crippen LogP contribution in [0.1, 0.15) is 52.6 Å². The van der Waals surface area contributed by atoms with Crippen molar-refractivity contribution in [2.45, 2.75) is 26.2 Å². The van der Waals surface area contributed by atoms with E-state index in [9.17, 15) is 9.59 Å². The highest BCUT2D eigenvalue weighted by Gasteiger charge is 2.26. The molecule has 2 aromatic rings. The van der Waals surface area contributed by atoms with Crippen LogP contribution in [-0.2, 0) is 0 Å². The molecule has 1 aliphatic rings. The molecule has 1 N–H and O–H groups in total. The zero-order valence-corrected chi connectivity index (χ0v) is 14.8. The molecule has 0 radical (unpaired) electrons. The number of nitrogens with one attached hydrogen (secondary N) is 1. The second-order valence-corrected chi connectivity index (χ2v) is 7.08. The highest BCUT2D eigenvalue weighted by atomic mass is 32.1. The molecule has 1 fully saturated rings. The van der Waals surface area contributed by atoms with Gasteiger partial charge in [0, 0.05) is 31.6 Å². The molecule has 3 rings (SSSR count). The van der Waals surface area contributed by atoms with Crippen molar-refractivity contribution in [1.82, 2.24) is 20.0 Å². The highest BCUT2D eigenvalue weighted by molar-refractivity contribution is 7.08. The normalized spacial score (nSPS) is 15.6. The molecule has 0 bridgehead atoms. The number of amides is 2. The molecule has 2 amide bonds. The van der Waals surface area contributed by atoms with Gasteiger partial charge in [-0.3, -0.25) is 14.7 Å². The van der Waals surface area contributed by atoms with Crippen molar-refractivity contribution >= 4 is 23.2 Å². The Morgan fingerprint density at radius 1 is 1.17 bits per heavy atom. The van der Waals surface area contributed by atoms with Gasteiger partial charge in [-0.05, 0) is 23.8 Å². The first-order valence-electron chi connectivity index (χ1n) is 8.22. The number of aromatic amines is 1. The van der Waals surface area contributed by atoms with E-state index in [1.807, 2.05) is 40.5 Å². The predicted octanol–water partition coefficient (Wildman–Crippen LogP) is 2.58. The number of hydrogen-bond donors (Lipinski definition) is 1. The van der Waals surface area contributed by atoms with Crippen LogP contribution in [-0.4, -0.2) is 58.0 Å². The number of carbonyl (C=O) groups is 2. The van der Waals surface area contributed by atoms with E-state index in [4.69, 9.17) is 0 Å². The van der Waals surface area contributed by atoms with Crippen LogP contribution in [0.15, 0.2) is 23.0 Å². The van der Waals surface area contributed by atoms with Crippen LogP contribution in [0, 0.1) is 0 Å². The lowest BCUT2D eigenvalue weighted by atomic mass is 10.1. The molecule has 2 aromatic heterocycles. The first-order valence-corrected chi connectivity index (χ1v) is 9.16. The van der Waals surface area contributed by atoms with Crippen molar-refractivity contribution < 1.29 is 9.59 Å². The quantitative estimate of drug-likeness (QED) is 0.929. The van der Waals surface area contributed by atoms with Gasteiger partial charge in [-0.1, -0.05) is 13.8 Å². The highest BCUT2D eigenvalue weighted by Crippen LogP contribution is 2.19. The fourth-order valence-corrected chi connectivity index (χ4v) is 3.60. The lowest BCUT2D eigenvalue weighted by Crippen LogP contribution is -2.37. The Morgan fingerprint density at radius 3 is 2.50 bits per heavy atom. The largest absolute Gasteiger partial charge is 0.337 e. The number of H-pyrrole nitrogens is 1. The lowest BCUT2D eigenvalue weighted by Gasteiger charge is -2.22. The van der Waals surface area contributed by atoms with E-state index in [0.29, 0.717) is 31.7 Å². The Hall–Kier alpha value is -2.15. The minimum absolute atomic E-state index is 0.00252. The molecule has 0 aromatic carbocycles. The van der Waals surface area contributed by atoms with Crippen LogP contribution in [0.4, 0.5) is 0 Å². The van der Waals surface area contributed by atoms with E-state index in [2.05, 4.69) is 10.2 Å². The predicted molar refractivity (Wildman–Crippen MR) is 93.4 cm³/mol. The van der Waals surface area contributed by atoms with Gasteiger partial charge in [0.1, 0.15) is 0 Å². The van der Waals surface area contributed by atoms with Gasteiger partial charge >= 0.3 is 0 Å². The van der Waals surface area contributed by atoms with Crippen LogP contribution in [0.2, 0.25) is 0 Å². The van der Waals surface area contributed by atoms with Crippen molar-refractivity contribution in [2.24, 2.45) is 0 Å². The summed E-state index contributed by atoms with van der Waals surface area (Å²) in [6.45, 7) is 6.53. The second kappa shape index (κ2) is 7.17. The molecule has 1 saturated heterocycles. The third-order valence-corrected chi connectivity index (χ3v) is 5.00. The van der Waals surface area contributed by atoms with Gasteiger partial charge in [0.15, 0.2) is 0 Å². The summed E-state index contributed by atoms with van der Waals surface area (Å²) in [6.07, 6.45) is 2.40. The molecule has 1 aliphatic heterocycles. The minimum Gasteiger partial charge on any atom is -0.337 e. The Kier molecular flexibility index (Phi) is 4.99. The summed E-state index contributed by atoms with van der Waals surface area (Å²) >= 11 is 1.52. The molecule has 0 unspecified atom stereocenters. The average molecular weight is 346 g/mol. The third-order valence-electron chi connectivity index (χ3n) is 4.32. The molecule has 0 atom stereocenters. The van der Waals surface area contributed by atoms with Gasteiger partial charge in [0.05, 0.1) is 23.0 Å². The van der Waals surface area contributed by atoms with Crippen LogP contribution < -0.4 is 0 Å². The molecule has 7 heteroatoms. The Labute approximate surface area is 145 Å². The van der Waals surface area contributed by atoms with Gasteiger partial charge in [-0.2, -0.15) is 16.4 Å². The second-order valence-electron chi connectivity index (χ2n) is 6.30. The van der Waals surface area contributed by atoms with E-state index in [1.54, 1.807) is 6.20 Å². The molecule has 0 saturated carbocycles. The number of thiophene rings is 1. The molecule has 0 spiro atoms. The monoisotopic (exact) mass is 346 g/mol. The van der Waals surface area contributed by atoms with E-state index < -0.39 is 0 Å². The van der Waals surface area contributed by atoms with Gasteiger partial charge in [0.25, 0.3) is 11.8 Å². The molecule has 0 aliphatic carbocycles. The Bertz CT molecular complexity index is 708. The smallest absolute Gasteiger partial charge is 0.257 e. The van der Waals surface area contributed by atoms with Gasteiger partial charge in [0.2, 0.25) is 0 Å². The lowest BCUT2D eigenvalue weighted by molar-refractivity contribution is 0.0718. The fraction of sp³-hybridized carbons (Fsp3) is 0.471. The van der Waals surface area contributed by atoms with Gasteiger partial charge in [-0.15, -0.1) is 0 Å². The van der Waals surface area contributed by atoms with Crippen molar-refractivity contribution in [1.29, 1.82) is 0 Å². The molecule has 24 heavy (non-hydrogen) atoms. The van der Waals surface area contributed by atoms with Crippen molar-refractivity contribution in [3.05, 3.63) is 39.8 Å². The van der Waals surface area contributed by atoms with Crippen molar-refractivity contribution in [3.8, 4) is 0 Å². The maximum Gasteiger partial charge on any atom is 0.257 e. The van der Waals surface area contributed by atoms with Crippen LogP contribution in [0.5, 0.6) is 0 Å². The van der Waals surface area contributed by atoms with Crippen molar-refractivity contribution in [2.75, 3.05) is 26.2 Å². The summed E-state index contributed by atoms with van der Waals surface area (Å²) in [5.74, 6) is 0.268. The van der Waals surface area contributed by atoms with E-state index in [-0.39, 0.29) is 17.7 Å². The summed E-state index contributed by atoms with van der Waals surface area (Å²) in [5.41, 5.74) is 2.25. The molecule has 6 nitrogen and oxygen atoms in total. The van der Waals surface area contributed by atoms with Crippen LogP contribution >= 0.6 is 11.3 Å². The van der Waals surface area contributed by atoms with Gasteiger partial charge in [-0.25, -0.2) is 0 Å². The number of carbonyl (C=O) groups excluding carboxylic acids is 2. The SMILES string of the molecule is CC(C)c1[nH]ncc1C(=O)N1CCCN(C(=O)c2ccsc2)CC1. The maximum atomic E-state index is 12.8. The summed E-state index contributed by atoms with van der Waals surface area (Å²) in [4.78, 5) is 29.0. The standard InChI is InChI=1S/C17H22N4O2S/c1-12(2)15-14(10-18-19-15)17(23)21-6-3-5-20(7-8-21)16(22)13-4-9-24-11-13/h4,9-12H,3,5-8H2,1-2H3,(H,18,19). The first kappa shape index (κ1) is 16.7. The van der Waals surface area contributed by atoms with E-state index >= 15 is 0 Å². The number of hydrogen-bond acceptors (Lipinski definition) is 4. The molecule has 128 valence electrons. The molecule has 3 heterocycles. The van der Waals surface area contributed by atoms with Crippen molar-refractivity contribution in [3.63, 3.8) is 0 Å². The summed E-state index contributed by atoms with van der Waals surface area (Å²) in [6, 6.07) is 1.85. The minimum atomic E-state index is -0.00252. The number of aromatic nitrogens is 2. The molecular weight excluding hydrogens is 324 g/mol. The van der Waals surface area contributed by atoms with Crippen LogP contribution in [0.25, 0.3) is 0 Å². The zero-order valence-electron chi connectivity index (χ0n) is 14.0. The number of rotatable bonds is 3. The average Bonchev–Trinajstić information content (AvgIpc) is 3.21. The topological polar surface area (TPSA) is 69.3 Å². The third kappa shape index (κ3) is 3.36. The fourth-order valence-electron chi connectivity index (χ4n) is 2.97. The van der Waals surface area contributed by atoms with Gasteiger partial charge < -0.3 is 9.80 Å². The van der Waals surface area contributed by atoms with E-state index in [0.717, 1.165) is 17.7 Å². The Balaban J connectivity index is 1.68. The Morgan fingerprint density at radius 2 is 1.88 bits per heavy atom.